The molecule has 0 aliphatic rings. The molecule has 0 aromatic carbocycles. The van der Waals surface area contributed by atoms with Gasteiger partial charge in [0.05, 0.1) is 0 Å². The number of thioether (sulfide) groups is 1. The van der Waals surface area contributed by atoms with Crippen LogP contribution in [0.5, 0.6) is 0 Å². The van der Waals surface area contributed by atoms with E-state index in [1.165, 1.54) is 0 Å². The van der Waals surface area contributed by atoms with E-state index >= 15 is 0 Å². The summed E-state index contributed by atoms with van der Waals surface area (Å²) in [5, 5.41) is 14.3. The van der Waals surface area contributed by atoms with Crippen molar-refractivity contribution >= 4 is 23.8 Å². The minimum Gasteiger partial charge on any atom is -0.480 e. The molecule has 0 spiro atoms. The third-order valence-electron chi connectivity index (χ3n) is 2.65. The van der Waals surface area contributed by atoms with E-state index in [1.54, 1.807) is 11.8 Å². The first-order chi connectivity index (χ1) is 8.54. The van der Waals surface area contributed by atoms with Crippen LogP contribution in [0, 0.1) is 0 Å². The molecule has 2 amide bonds. The van der Waals surface area contributed by atoms with Crippen LogP contribution in [0.1, 0.15) is 39.5 Å². The maximum absolute atomic E-state index is 11.7. The number of nitrogens with one attached hydrogen (secondary N) is 2. The van der Waals surface area contributed by atoms with E-state index in [0.29, 0.717) is 6.42 Å². The molecule has 0 aliphatic carbocycles. The van der Waals surface area contributed by atoms with Crippen molar-refractivity contribution in [3.8, 4) is 0 Å². The second-order valence-electron chi connectivity index (χ2n) is 4.21. The molecular formula is C12H24N2O3S. The number of carbonyl (C=O) groups excluding carboxylic acids is 1. The van der Waals surface area contributed by atoms with Crippen LogP contribution in [-0.4, -0.2) is 41.2 Å². The smallest absolute Gasteiger partial charge is 0.326 e. The van der Waals surface area contributed by atoms with Gasteiger partial charge in [0, 0.05) is 11.8 Å². The number of carboxylic acid groups (broad SMARTS) is 1. The van der Waals surface area contributed by atoms with Gasteiger partial charge < -0.3 is 15.7 Å². The van der Waals surface area contributed by atoms with Crippen molar-refractivity contribution in [2.75, 3.05) is 12.0 Å². The second-order valence-corrected chi connectivity index (χ2v) is 5.12. The Hall–Kier alpha value is -0.910. The first-order valence-corrected chi connectivity index (χ1v) is 7.73. The molecule has 18 heavy (non-hydrogen) atoms. The highest BCUT2D eigenvalue weighted by Gasteiger charge is 2.20. The number of aliphatic carboxylic acids is 1. The average molecular weight is 276 g/mol. The summed E-state index contributed by atoms with van der Waals surface area (Å²) >= 11 is 1.66. The predicted molar refractivity (Wildman–Crippen MR) is 75.1 cm³/mol. The van der Waals surface area contributed by atoms with E-state index in [0.717, 1.165) is 25.0 Å². The maximum Gasteiger partial charge on any atom is 0.326 e. The van der Waals surface area contributed by atoms with Crippen molar-refractivity contribution in [3.05, 3.63) is 0 Å². The monoisotopic (exact) mass is 276 g/mol. The zero-order valence-corrected chi connectivity index (χ0v) is 12.2. The molecule has 0 rings (SSSR count). The Bertz CT molecular complexity index is 262. The van der Waals surface area contributed by atoms with E-state index < -0.39 is 12.0 Å². The van der Waals surface area contributed by atoms with E-state index in [2.05, 4.69) is 10.6 Å². The van der Waals surface area contributed by atoms with Gasteiger partial charge in [-0.15, -0.1) is 0 Å². The highest BCUT2D eigenvalue weighted by molar-refractivity contribution is 7.98. The Morgan fingerprint density at radius 2 is 1.94 bits per heavy atom. The first-order valence-electron chi connectivity index (χ1n) is 6.33. The zero-order chi connectivity index (χ0) is 14.0. The lowest BCUT2D eigenvalue weighted by Gasteiger charge is -2.19. The van der Waals surface area contributed by atoms with Crippen LogP contribution in [0.3, 0.4) is 0 Å². The van der Waals surface area contributed by atoms with Crippen molar-refractivity contribution in [2.24, 2.45) is 0 Å². The fraction of sp³-hybridized carbons (Fsp3) is 0.833. The third-order valence-corrected chi connectivity index (χ3v) is 3.38. The van der Waals surface area contributed by atoms with Crippen molar-refractivity contribution in [2.45, 2.75) is 51.6 Å². The van der Waals surface area contributed by atoms with E-state index in [1.807, 2.05) is 20.1 Å². The topological polar surface area (TPSA) is 78.4 Å². The summed E-state index contributed by atoms with van der Waals surface area (Å²) in [5.41, 5.74) is 0. The molecule has 0 radical (unpaired) electrons. The standard InChI is InChI=1S/C12H24N2O3S/c1-4-6-7-10(11(15)16)14-12(17)13-9(5-2)8-18-3/h9-10H,4-8H2,1-3H3,(H,15,16)(H2,13,14,17). The molecule has 0 aromatic rings. The van der Waals surface area contributed by atoms with Crippen molar-refractivity contribution in [3.63, 3.8) is 0 Å². The summed E-state index contributed by atoms with van der Waals surface area (Å²) in [5.74, 6) is -0.145. The molecule has 2 atom stereocenters. The van der Waals surface area contributed by atoms with Gasteiger partial charge in [0.25, 0.3) is 0 Å². The first kappa shape index (κ1) is 17.1. The van der Waals surface area contributed by atoms with Crippen LogP contribution < -0.4 is 10.6 Å². The summed E-state index contributed by atoms with van der Waals surface area (Å²) in [7, 11) is 0. The summed E-state index contributed by atoms with van der Waals surface area (Å²) < 4.78 is 0. The number of carbonyl (C=O) groups is 2. The van der Waals surface area contributed by atoms with E-state index in [-0.39, 0.29) is 12.1 Å². The number of unbranched alkanes of at least 4 members (excludes halogenated alkanes) is 1. The lowest BCUT2D eigenvalue weighted by molar-refractivity contribution is -0.139. The molecule has 0 saturated heterocycles. The fourth-order valence-electron chi connectivity index (χ4n) is 1.51. The van der Waals surface area contributed by atoms with E-state index in [4.69, 9.17) is 5.11 Å². The molecular weight excluding hydrogens is 252 g/mol. The van der Waals surface area contributed by atoms with Gasteiger partial charge in [-0.3, -0.25) is 0 Å². The normalized spacial score (nSPS) is 13.7. The second kappa shape index (κ2) is 10.1. The number of urea groups is 1. The average Bonchev–Trinajstić information content (AvgIpc) is 2.33. The number of amides is 2. The minimum atomic E-state index is -0.975. The molecule has 0 aromatic heterocycles. The van der Waals surface area contributed by atoms with Crippen molar-refractivity contribution in [1.29, 1.82) is 0 Å². The van der Waals surface area contributed by atoms with Crippen LogP contribution in [0.2, 0.25) is 0 Å². The molecule has 3 N–H and O–H groups in total. The highest BCUT2D eigenvalue weighted by Crippen LogP contribution is 2.03. The largest absolute Gasteiger partial charge is 0.480 e. The van der Waals surface area contributed by atoms with Crippen molar-refractivity contribution in [1.82, 2.24) is 10.6 Å². The number of hydrogen-bond acceptors (Lipinski definition) is 3. The van der Waals surface area contributed by atoms with Gasteiger partial charge >= 0.3 is 12.0 Å². The SMILES string of the molecule is CCCCC(NC(=O)NC(CC)CSC)C(=O)O. The Kier molecular flexibility index (Phi) is 9.55. The molecule has 5 nitrogen and oxygen atoms in total. The van der Waals surface area contributed by atoms with Gasteiger partial charge in [-0.05, 0) is 19.1 Å². The summed E-state index contributed by atoms with van der Waals surface area (Å²) in [4.78, 5) is 22.6. The lowest BCUT2D eigenvalue weighted by atomic mass is 10.1. The quantitative estimate of drug-likeness (QED) is 0.602. The molecule has 0 saturated carbocycles. The molecule has 2 unspecified atom stereocenters. The highest BCUT2D eigenvalue weighted by atomic mass is 32.2. The van der Waals surface area contributed by atoms with Gasteiger partial charge in [-0.2, -0.15) is 11.8 Å². The van der Waals surface area contributed by atoms with Crippen LogP contribution in [-0.2, 0) is 4.79 Å². The summed E-state index contributed by atoms with van der Waals surface area (Å²) in [6, 6.07) is -1.10. The molecule has 0 fully saturated rings. The van der Waals surface area contributed by atoms with Crippen LogP contribution in [0.4, 0.5) is 4.79 Å². The van der Waals surface area contributed by atoms with Gasteiger partial charge in [-0.1, -0.05) is 26.7 Å². The Labute approximate surface area is 113 Å². The molecule has 0 aliphatic heterocycles. The Morgan fingerprint density at radius 1 is 1.28 bits per heavy atom. The molecule has 0 heterocycles. The van der Waals surface area contributed by atoms with E-state index in [9.17, 15) is 9.59 Å². The summed E-state index contributed by atoms with van der Waals surface area (Å²) in [6.07, 6.45) is 4.99. The number of hydrogen-bond donors (Lipinski definition) is 3. The molecule has 6 heteroatoms. The van der Waals surface area contributed by atoms with Crippen molar-refractivity contribution < 1.29 is 14.7 Å². The van der Waals surface area contributed by atoms with Gasteiger partial charge in [0.2, 0.25) is 0 Å². The van der Waals surface area contributed by atoms with Gasteiger partial charge in [-0.25, -0.2) is 9.59 Å². The molecule has 106 valence electrons. The van der Waals surface area contributed by atoms with Crippen LogP contribution in [0.25, 0.3) is 0 Å². The Morgan fingerprint density at radius 3 is 2.39 bits per heavy atom. The minimum absolute atomic E-state index is 0.0839. The predicted octanol–water partition coefficient (Wildman–Crippen LogP) is 2.07. The Balaban J connectivity index is 4.19. The number of carboxylic acids is 1. The van der Waals surface area contributed by atoms with Gasteiger partial charge in [0.15, 0.2) is 0 Å². The number of rotatable bonds is 9. The summed E-state index contributed by atoms with van der Waals surface area (Å²) in [6.45, 7) is 3.98. The third kappa shape index (κ3) is 7.42. The van der Waals surface area contributed by atoms with Crippen LogP contribution >= 0.6 is 11.8 Å². The lowest BCUT2D eigenvalue weighted by Crippen LogP contribution is -2.49. The van der Waals surface area contributed by atoms with Gasteiger partial charge in [0.1, 0.15) is 6.04 Å². The zero-order valence-electron chi connectivity index (χ0n) is 11.4. The van der Waals surface area contributed by atoms with Crippen LogP contribution in [0.15, 0.2) is 0 Å². The molecule has 0 bridgehead atoms. The fourth-order valence-corrected chi connectivity index (χ4v) is 2.24. The maximum atomic E-state index is 11.7.